The molecule has 2 rings (SSSR count). The lowest BCUT2D eigenvalue weighted by molar-refractivity contribution is 0.600. The highest BCUT2D eigenvalue weighted by Gasteiger charge is 2.35. The van der Waals surface area contributed by atoms with Gasteiger partial charge >= 0.3 is 0 Å². The fourth-order valence-electron chi connectivity index (χ4n) is 1.29. The molecular formula is C10H12ClNO2S. The van der Waals surface area contributed by atoms with Gasteiger partial charge in [-0.2, -0.15) is 0 Å². The van der Waals surface area contributed by atoms with Crippen LogP contribution in [0.25, 0.3) is 0 Å². The zero-order chi connectivity index (χ0) is 10.9. The number of halogens is 1. The molecule has 0 heterocycles. The molecule has 0 aromatic heterocycles. The third kappa shape index (κ3) is 2.63. The van der Waals surface area contributed by atoms with Gasteiger partial charge in [0.2, 0.25) is 10.0 Å². The highest BCUT2D eigenvalue weighted by atomic mass is 35.5. The first-order valence-electron chi connectivity index (χ1n) is 4.78. The van der Waals surface area contributed by atoms with E-state index < -0.39 is 10.0 Å². The van der Waals surface area contributed by atoms with E-state index in [1.807, 2.05) is 12.1 Å². The molecule has 1 fully saturated rings. The number of alkyl halides is 1. The van der Waals surface area contributed by atoms with E-state index in [1.54, 1.807) is 12.1 Å². The van der Waals surface area contributed by atoms with Crippen molar-refractivity contribution in [3.05, 3.63) is 29.8 Å². The Morgan fingerprint density at radius 3 is 2.33 bits per heavy atom. The van der Waals surface area contributed by atoms with Crippen molar-refractivity contribution in [2.45, 2.75) is 24.0 Å². The van der Waals surface area contributed by atoms with Crippen LogP contribution in [0, 0.1) is 0 Å². The zero-order valence-corrected chi connectivity index (χ0v) is 9.68. The number of nitrogens with one attached hydrogen (secondary N) is 1. The van der Waals surface area contributed by atoms with Crippen LogP contribution in [-0.2, 0) is 15.9 Å². The minimum absolute atomic E-state index is 0.190. The minimum atomic E-state index is -3.14. The molecule has 1 aliphatic rings. The largest absolute Gasteiger partial charge is 0.283 e. The average Bonchev–Trinajstić information content (AvgIpc) is 3.01. The Balaban J connectivity index is 2.10. The Morgan fingerprint density at radius 2 is 1.87 bits per heavy atom. The van der Waals surface area contributed by atoms with Gasteiger partial charge in [0, 0.05) is 11.6 Å². The van der Waals surface area contributed by atoms with Crippen LogP contribution in [0.4, 0.5) is 5.69 Å². The van der Waals surface area contributed by atoms with Crippen LogP contribution in [0.15, 0.2) is 24.3 Å². The van der Waals surface area contributed by atoms with E-state index in [0.29, 0.717) is 11.6 Å². The predicted octanol–water partition coefficient (Wildman–Crippen LogP) is 2.33. The number of rotatable bonds is 4. The summed E-state index contributed by atoms with van der Waals surface area (Å²) in [5.41, 5.74) is 1.59. The molecule has 1 aromatic rings. The van der Waals surface area contributed by atoms with Crippen molar-refractivity contribution in [1.82, 2.24) is 0 Å². The fraction of sp³-hybridized carbons (Fsp3) is 0.400. The van der Waals surface area contributed by atoms with Crippen LogP contribution in [-0.4, -0.2) is 13.7 Å². The number of sulfonamides is 1. The molecule has 0 unspecified atom stereocenters. The topological polar surface area (TPSA) is 46.2 Å². The summed E-state index contributed by atoms with van der Waals surface area (Å²) in [5, 5.41) is -0.190. The summed E-state index contributed by atoms with van der Waals surface area (Å²) in [6.07, 6.45) is 1.55. The van der Waals surface area contributed by atoms with Gasteiger partial charge in [0.15, 0.2) is 0 Å². The lowest BCUT2D eigenvalue weighted by Gasteiger charge is -2.06. The molecule has 0 saturated heterocycles. The first-order chi connectivity index (χ1) is 7.12. The summed E-state index contributed by atoms with van der Waals surface area (Å²) in [4.78, 5) is 0. The predicted molar refractivity (Wildman–Crippen MR) is 61.6 cm³/mol. The Labute approximate surface area is 94.5 Å². The van der Waals surface area contributed by atoms with Crippen molar-refractivity contribution in [2.24, 2.45) is 0 Å². The normalized spacial score (nSPS) is 16.3. The number of hydrogen-bond acceptors (Lipinski definition) is 2. The maximum absolute atomic E-state index is 11.6. The first-order valence-corrected chi connectivity index (χ1v) is 6.86. The highest BCUT2D eigenvalue weighted by molar-refractivity contribution is 7.93. The SMILES string of the molecule is O=S(=O)(Nc1ccc(CCl)cc1)C1CC1. The van der Waals surface area contributed by atoms with Gasteiger partial charge in [-0.15, -0.1) is 11.6 Å². The Hall–Kier alpha value is -0.740. The highest BCUT2D eigenvalue weighted by Crippen LogP contribution is 2.29. The molecule has 1 aromatic carbocycles. The maximum Gasteiger partial charge on any atom is 0.235 e. The summed E-state index contributed by atoms with van der Waals surface area (Å²) in [6, 6.07) is 7.10. The van der Waals surface area contributed by atoms with Gasteiger partial charge in [0.25, 0.3) is 0 Å². The van der Waals surface area contributed by atoms with Gasteiger partial charge in [-0.1, -0.05) is 12.1 Å². The first kappa shape index (κ1) is 10.8. The summed E-state index contributed by atoms with van der Waals surface area (Å²) < 4.78 is 25.7. The van der Waals surface area contributed by atoms with Crippen LogP contribution in [0.1, 0.15) is 18.4 Å². The van der Waals surface area contributed by atoms with Gasteiger partial charge in [-0.25, -0.2) is 8.42 Å². The lowest BCUT2D eigenvalue weighted by atomic mass is 10.2. The summed E-state index contributed by atoms with van der Waals surface area (Å²) in [6.45, 7) is 0. The van der Waals surface area contributed by atoms with Gasteiger partial charge in [-0.05, 0) is 30.5 Å². The Morgan fingerprint density at radius 1 is 1.27 bits per heavy atom. The zero-order valence-electron chi connectivity index (χ0n) is 8.11. The van der Waals surface area contributed by atoms with Crippen molar-refractivity contribution >= 4 is 27.3 Å². The van der Waals surface area contributed by atoms with E-state index >= 15 is 0 Å². The molecule has 15 heavy (non-hydrogen) atoms. The maximum atomic E-state index is 11.6. The molecule has 1 N–H and O–H groups in total. The molecule has 5 heteroatoms. The Kier molecular flexibility index (Phi) is 2.89. The minimum Gasteiger partial charge on any atom is -0.283 e. The molecule has 0 atom stereocenters. The summed E-state index contributed by atoms with van der Waals surface area (Å²) >= 11 is 5.63. The quantitative estimate of drug-likeness (QED) is 0.828. The molecule has 1 aliphatic carbocycles. The standard InChI is InChI=1S/C10H12ClNO2S/c11-7-8-1-3-9(4-2-8)12-15(13,14)10-5-6-10/h1-4,10,12H,5-7H2. The average molecular weight is 246 g/mol. The third-order valence-corrected chi connectivity index (χ3v) is 4.51. The van der Waals surface area contributed by atoms with Crippen LogP contribution in [0.5, 0.6) is 0 Å². The van der Waals surface area contributed by atoms with E-state index in [9.17, 15) is 8.42 Å². The molecule has 0 radical (unpaired) electrons. The van der Waals surface area contributed by atoms with Crippen LogP contribution < -0.4 is 4.72 Å². The van der Waals surface area contributed by atoms with Crippen molar-refractivity contribution in [1.29, 1.82) is 0 Å². The van der Waals surface area contributed by atoms with E-state index in [1.165, 1.54) is 0 Å². The van der Waals surface area contributed by atoms with Crippen LogP contribution in [0.2, 0.25) is 0 Å². The number of hydrogen-bond donors (Lipinski definition) is 1. The summed E-state index contributed by atoms with van der Waals surface area (Å²) in [7, 11) is -3.14. The fourth-order valence-corrected chi connectivity index (χ4v) is 2.85. The van der Waals surface area contributed by atoms with Crippen molar-refractivity contribution in [3.63, 3.8) is 0 Å². The number of benzene rings is 1. The second kappa shape index (κ2) is 4.02. The van der Waals surface area contributed by atoms with Crippen LogP contribution in [0.3, 0.4) is 0 Å². The second-order valence-electron chi connectivity index (χ2n) is 3.68. The molecule has 0 bridgehead atoms. The summed E-state index contributed by atoms with van der Waals surface area (Å²) in [5.74, 6) is 0.440. The van der Waals surface area contributed by atoms with Gasteiger partial charge in [-0.3, -0.25) is 4.72 Å². The molecule has 0 aliphatic heterocycles. The van der Waals surface area contributed by atoms with Crippen molar-refractivity contribution in [2.75, 3.05) is 4.72 Å². The molecular weight excluding hydrogens is 234 g/mol. The van der Waals surface area contributed by atoms with Crippen LogP contribution >= 0.6 is 11.6 Å². The Bertz CT molecular complexity index is 437. The van der Waals surface area contributed by atoms with Crippen molar-refractivity contribution in [3.8, 4) is 0 Å². The molecule has 3 nitrogen and oxygen atoms in total. The van der Waals surface area contributed by atoms with Gasteiger partial charge in [0.1, 0.15) is 0 Å². The van der Waals surface area contributed by atoms with E-state index in [2.05, 4.69) is 4.72 Å². The molecule has 1 saturated carbocycles. The smallest absolute Gasteiger partial charge is 0.235 e. The molecule has 82 valence electrons. The van der Waals surface area contributed by atoms with E-state index in [-0.39, 0.29) is 5.25 Å². The monoisotopic (exact) mass is 245 g/mol. The van der Waals surface area contributed by atoms with E-state index in [0.717, 1.165) is 18.4 Å². The van der Waals surface area contributed by atoms with Gasteiger partial charge < -0.3 is 0 Å². The van der Waals surface area contributed by atoms with Gasteiger partial charge in [0.05, 0.1) is 5.25 Å². The number of anilines is 1. The second-order valence-corrected chi connectivity index (χ2v) is 5.91. The molecule has 0 amide bonds. The van der Waals surface area contributed by atoms with E-state index in [4.69, 9.17) is 11.6 Å². The van der Waals surface area contributed by atoms with Crippen molar-refractivity contribution < 1.29 is 8.42 Å². The lowest BCUT2D eigenvalue weighted by Crippen LogP contribution is -2.17. The third-order valence-electron chi connectivity index (χ3n) is 2.33. The molecule has 0 spiro atoms.